The summed E-state index contributed by atoms with van der Waals surface area (Å²) in [4.78, 5) is 0. The maximum atomic E-state index is 4.89. The van der Waals surface area contributed by atoms with Crippen LogP contribution in [0.25, 0.3) is 0 Å². The van der Waals surface area contributed by atoms with Gasteiger partial charge in [-0.1, -0.05) is 0 Å². The van der Waals surface area contributed by atoms with E-state index in [9.17, 15) is 0 Å². The summed E-state index contributed by atoms with van der Waals surface area (Å²) in [5.74, 6) is 0. The molecule has 0 unspecified atom stereocenters. The van der Waals surface area contributed by atoms with Gasteiger partial charge in [0, 0.05) is 32.7 Å². The second-order valence-electron chi connectivity index (χ2n) is 0.760. The SMILES string of the molecule is [CH2-]C([CH2-])N.[CH3-].[W+2].[Y]. The van der Waals surface area contributed by atoms with E-state index >= 15 is 0 Å². The van der Waals surface area contributed by atoms with Gasteiger partial charge in [0.15, 0.2) is 0 Å². The van der Waals surface area contributed by atoms with Gasteiger partial charge in [-0.05, 0) is 0 Å². The molecule has 0 heterocycles. The van der Waals surface area contributed by atoms with Crippen molar-refractivity contribution < 1.29 is 53.8 Å². The van der Waals surface area contributed by atoms with Crippen LogP contribution in [0.5, 0.6) is 0 Å². The molecule has 0 aliphatic rings. The minimum Gasteiger partial charge on any atom is -0.386 e. The Morgan fingerprint density at radius 1 is 1.29 bits per heavy atom. The van der Waals surface area contributed by atoms with Crippen molar-refractivity contribution in [1.82, 2.24) is 0 Å². The monoisotopic (exact) mass is 345 g/mol. The molecule has 0 aliphatic carbocycles. The Bertz CT molecular complexity index is 16.4. The third-order valence-corrected chi connectivity index (χ3v) is 0. The smallest absolute Gasteiger partial charge is 0.386 e. The van der Waals surface area contributed by atoms with Gasteiger partial charge in [0.2, 0.25) is 0 Å². The van der Waals surface area contributed by atoms with Crippen LogP contribution in [-0.4, -0.2) is 6.04 Å². The zero-order valence-electron chi connectivity index (χ0n) is 4.55. The van der Waals surface area contributed by atoms with Gasteiger partial charge in [0.05, 0.1) is 0 Å². The summed E-state index contributed by atoms with van der Waals surface area (Å²) in [6, 6.07) is -0.167. The third-order valence-electron chi connectivity index (χ3n) is 0. The van der Waals surface area contributed by atoms with E-state index in [1.807, 2.05) is 0 Å². The van der Waals surface area contributed by atoms with Crippen LogP contribution in [0.15, 0.2) is 0 Å². The fourth-order valence-corrected chi connectivity index (χ4v) is 0. The summed E-state index contributed by atoms with van der Waals surface area (Å²) in [6.07, 6.45) is 0. The summed E-state index contributed by atoms with van der Waals surface area (Å²) >= 11 is 0. The van der Waals surface area contributed by atoms with E-state index in [4.69, 9.17) is 5.73 Å². The molecule has 1 radical (unpaired) electrons. The quantitative estimate of drug-likeness (QED) is 0.634. The first kappa shape index (κ1) is 23.3. The summed E-state index contributed by atoms with van der Waals surface area (Å²) in [5.41, 5.74) is 4.89. The third kappa shape index (κ3) is 83.5. The van der Waals surface area contributed by atoms with E-state index < -0.39 is 0 Å². The number of nitrogens with two attached hydrogens (primary N) is 1. The Balaban J connectivity index is -0.0000000150. The zero-order valence-corrected chi connectivity index (χ0v) is 10.3. The second kappa shape index (κ2) is 15.7. The Morgan fingerprint density at radius 3 is 1.29 bits per heavy atom. The van der Waals surface area contributed by atoms with Crippen LogP contribution in [0.2, 0.25) is 0 Å². The molecule has 41 valence electrons. The normalized spacial score (nSPS) is 5.14. The average molecular weight is 345 g/mol. The number of hydrogen-bond donors (Lipinski definition) is 1. The number of rotatable bonds is 0. The molecule has 1 nitrogen and oxygen atoms in total. The van der Waals surface area contributed by atoms with Crippen LogP contribution >= 0.6 is 0 Å². The van der Waals surface area contributed by atoms with Gasteiger partial charge in [0.1, 0.15) is 0 Å². The molecule has 0 saturated heterocycles. The molecule has 0 bridgehead atoms. The Labute approximate surface area is 86.0 Å². The average Bonchev–Trinajstić information content (AvgIpc) is 0.811. The van der Waals surface area contributed by atoms with Gasteiger partial charge in [-0.3, -0.25) is 6.04 Å². The van der Waals surface area contributed by atoms with E-state index in [2.05, 4.69) is 13.8 Å². The second-order valence-corrected chi connectivity index (χ2v) is 0.760. The fourth-order valence-electron chi connectivity index (χ4n) is 0. The van der Waals surface area contributed by atoms with Gasteiger partial charge >= 0.3 is 21.1 Å². The zero-order chi connectivity index (χ0) is 3.58. The van der Waals surface area contributed by atoms with Gasteiger partial charge in [-0.25, -0.2) is 0 Å². The molecule has 0 fully saturated rings. The summed E-state index contributed by atoms with van der Waals surface area (Å²) in [7, 11) is 0. The van der Waals surface area contributed by atoms with E-state index in [-0.39, 0.29) is 67.2 Å². The van der Waals surface area contributed by atoms with Crippen molar-refractivity contribution in [2.24, 2.45) is 5.73 Å². The minimum atomic E-state index is -0.167. The van der Waals surface area contributed by atoms with Crippen molar-refractivity contribution in [1.29, 1.82) is 0 Å². The summed E-state index contributed by atoms with van der Waals surface area (Å²) < 4.78 is 0. The molecular formula is C4H10NWY-. The molecule has 0 rings (SSSR count). The standard InChI is InChI=1S/C3H7N.CH3.W.Y/c1-3(2)4;;;/h3H,1-2,4H2;1H3;;/q-2;-1;+2;. The predicted octanol–water partition coefficient (Wildman–Crippen LogP) is 0.427. The van der Waals surface area contributed by atoms with Crippen molar-refractivity contribution in [3.63, 3.8) is 0 Å². The maximum Gasteiger partial charge on any atom is 2.00 e. The molecule has 0 aromatic heterocycles. The van der Waals surface area contributed by atoms with Crippen LogP contribution in [0.1, 0.15) is 0 Å². The molecule has 0 saturated carbocycles. The molecule has 0 spiro atoms. The molecule has 0 atom stereocenters. The van der Waals surface area contributed by atoms with Crippen molar-refractivity contribution in [3.05, 3.63) is 21.3 Å². The van der Waals surface area contributed by atoms with Crippen molar-refractivity contribution in [2.45, 2.75) is 6.04 Å². The van der Waals surface area contributed by atoms with E-state index in [0.29, 0.717) is 0 Å². The van der Waals surface area contributed by atoms with Crippen LogP contribution in [0.4, 0.5) is 0 Å². The van der Waals surface area contributed by atoms with Crippen LogP contribution in [0.3, 0.4) is 0 Å². The first-order valence-corrected chi connectivity index (χ1v) is 1.15. The Morgan fingerprint density at radius 2 is 1.29 bits per heavy atom. The summed E-state index contributed by atoms with van der Waals surface area (Å²) in [5, 5.41) is 0. The first-order chi connectivity index (χ1) is 1.73. The minimum absolute atomic E-state index is 0. The van der Waals surface area contributed by atoms with Crippen molar-refractivity contribution in [2.75, 3.05) is 0 Å². The molecule has 7 heavy (non-hydrogen) atoms. The van der Waals surface area contributed by atoms with E-state index in [1.165, 1.54) is 0 Å². The van der Waals surface area contributed by atoms with Crippen molar-refractivity contribution in [3.8, 4) is 0 Å². The predicted molar refractivity (Wildman–Crippen MR) is 25.1 cm³/mol. The molecule has 0 amide bonds. The van der Waals surface area contributed by atoms with E-state index in [1.54, 1.807) is 0 Å². The Kier molecular flexibility index (Phi) is 52.1. The number of hydrogen-bond acceptors (Lipinski definition) is 1. The van der Waals surface area contributed by atoms with E-state index in [0.717, 1.165) is 0 Å². The maximum absolute atomic E-state index is 4.89. The molecular weight excluding hydrogens is 335 g/mol. The molecule has 3 heteroatoms. The first-order valence-electron chi connectivity index (χ1n) is 1.15. The molecule has 0 aromatic rings. The van der Waals surface area contributed by atoms with Crippen LogP contribution in [0, 0.1) is 21.3 Å². The van der Waals surface area contributed by atoms with Gasteiger partial charge in [-0.2, -0.15) is 0 Å². The fraction of sp³-hybridized carbons (Fsp3) is 0.250. The topological polar surface area (TPSA) is 26.0 Å². The van der Waals surface area contributed by atoms with Gasteiger partial charge < -0.3 is 27.0 Å². The van der Waals surface area contributed by atoms with Crippen LogP contribution < -0.4 is 5.73 Å². The van der Waals surface area contributed by atoms with Crippen molar-refractivity contribution >= 4 is 0 Å². The molecule has 0 aromatic carbocycles. The molecule has 2 N–H and O–H groups in total. The van der Waals surface area contributed by atoms with Crippen LogP contribution in [-0.2, 0) is 53.8 Å². The van der Waals surface area contributed by atoms with Gasteiger partial charge in [0.25, 0.3) is 0 Å². The Hall–Kier alpha value is 1.75. The largest absolute Gasteiger partial charge is 2.00 e. The molecule has 0 aliphatic heterocycles. The van der Waals surface area contributed by atoms with Gasteiger partial charge in [-0.15, -0.1) is 0 Å². The summed E-state index contributed by atoms with van der Waals surface area (Å²) in [6.45, 7) is 6.61.